The zero-order valence-corrected chi connectivity index (χ0v) is 11.2. The normalized spacial score (nSPS) is 18.9. The van der Waals surface area contributed by atoms with Gasteiger partial charge in [-0.05, 0) is 31.2 Å². The molecule has 1 aliphatic carbocycles. The summed E-state index contributed by atoms with van der Waals surface area (Å²) < 4.78 is 1.63. The van der Waals surface area contributed by atoms with Crippen molar-refractivity contribution in [2.75, 3.05) is 5.33 Å². The molecule has 0 spiro atoms. The van der Waals surface area contributed by atoms with Crippen molar-refractivity contribution in [3.8, 4) is 0 Å². The molecule has 1 aliphatic rings. The molecule has 2 rings (SSSR count). The zero-order valence-electron chi connectivity index (χ0n) is 9.58. The van der Waals surface area contributed by atoms with Crippen molar-refractivity contribution < 1.29 is 0 Å². The van der Waals surface area contributed by atoms with Gasteiger partial charge in [-0.1, -0.05) is 28.8 Å². The first kappa shape index (κ1) is 11.8. The van der Waals surface area contributed by atoms with Crippen molar-refractivity contribution in [2.45, 2.75) is 39.2 Å². The van der Waals surface area contributed by atoms with Crippen LogP contribution in [0.1, 0.15) is 31.4 Å². The van der Waals surface area contributed by atoms with Gasteiger partial charge in [0.05, 0.1) is 12.2 Å². The molecule has 0 aromatic carbocycles. The summed E-state index contributed by atoms with van der Waals surface area (Å²) >= 11 is 3.59. The number of hydrogen-bond acceptors (Lipinski definition) is 2. The van der Waals surface area contributed by atoms with E-state index in [-0.39, 0.29) is 11.0 Å². The minimum Gasteiger partial charge on any atom is -0.268 e. The molecule has 0 radical (unpaired) electrons. The number of halogens is 1. The molecule has 0 atom stereocenters. The van der Waals surface area contributed by atoms with E-state index in [2.05, 4.69) is 21.0 Å². The zero-order chi connectivity index (χ0) is 11.6. The highest BCUT2D eigenvalue weighted by molar-refractivity contribution is 9.09. The minimum atomic E-state index is 0.0119. The van der Waals surface area contributed by atoms with Crippen molar-refractivity contribution in [1.82, 2.24) is 9.78 Å². The van der Waals surface area contributed by atoms with Crippen molar-refractivity contribution in [3.05, 3.63) is 28.2 Å². The van der Waals surface area contributed by atoms with E-state index in [1.54, 1.807) is 16.8 Å². The Balaban J connectivity index is 2.25. The Morgan fingerprint density at radius 2 is 2.12 bits per heavy atom. The lowest BCUT2D eigenvalue weighted by molar-refractivity contribution is 0.270. The molecule has 0 saturated heterocycles. The Labute approximate surface area is 104 Å². The van der Waals surface area contributed by atoms with Gasteiger partial charge in [0, 0.05) is 11.4 Å². The second-order valence-electron chi connectivity index (χ2n) is 4.81. The molecule has 0 amide bonds. The number of nitrogens with zero attached hydrogens (tertiary/aromatic N) is 2. The molecular weight excluding hydrogens is 268 g/mol. The van der Waals surface area contributed by atoms with Crippen LogP contribution in [0.3, 0.4) is 0 Å². The molecule has 1 saturated carbocycles. The van der Waals surface area contributed by atoms with Crippen LogP contribution in [-0.2, 0) is 6.54 Å². The van der Waals surface area contributed by atoms with Gasteiger partial charge in [0.1, 0.15) is 0 Å². The monoisotopic (exact) mass is 284 g/mol. The first-order chi connectivity index (χ1) is 7.65. The summed E-state index contributed by atoms with van der Waals surface area (Å²) in [7, 11) is 0. The van der Waals surface area contributed by atoms with E-state index in [1.807, 2.05) is 6.92 Å². The van der Waals surface area contributed by atoms with Gasteiger partial charge in [-0.2, -0.15) is 5.10 Å². The third-order valence-electron chi connectivity index (χ3n) is 3.43. The number of hydrogen-bond donors (Lipinski definition) is 0. The summed E-state index contributed by atoms with van der Waals surface area (Å²) in [5.41, 5.74) is 1.16. The number of rotatable bonds is 3. The van der Waals surface area contributed by atoms with Crippen LogP contribution in [0.25, 0.3) is 0 Å². The van der Waals surface area contributed by atoms with E-state index in [9.17, 15) is 4.79 Å². The molecule has 0 aliphatic heterocycles. The molecule has 4 heteroatoms. The molecule has 0 bridgehead atoms. The lowest BCUT2D eigenvalue weighted by Gasteiger charge is -2.26. The maximum atomic E-state index is 11.7. The van der Waals surface area contributed by atoms with Crippen LogP contribution in [0, 0.1) is 12.3 Å². The fourth-order valence-corrected chi connectivity index (χ4v) is 3.18. The molecule has 1 fully saturated rings. The maximum absolute atomic E-state index is 11.7. The van der Waals surface area contributed by atoms with Crippen molar-refractivity contribution in [1.29, 1.82) is 0 Å². The van der Waals surface area contributed by atoms with Gasteiger partial charge >= 0.3 is 0 Å². The number of aryl methyl sites for hydroxylation is 1. The van der Waals surface area contributed by atoms with Gasteiger partial charge < -0.3 is 0 Å². The maximum Gasteiger partial charge on any atom is 0.266 e. The second kappa shape index (κ2) is 4.70. The van der Waals surface area contributed by atoms with E-state index in [0.717, 1.165) is 17.6 Å². The standard InChI is InChI=1S/C12H17BrN2O/c1-10-4-5-11(16)15(14-10)9-12(8-13)6-2-3-7-12/h4-5H,2-3,6-9H2,1H3. The summed E-state index contributed by atoms with van der Waals surface area (Å²) in [5, 5.41) is 5.27. The van der Waals surface area contributed by atoms with Crippen LogP contribution < -0.4 is 5.56 Å². The summed E-state index contributed by atoms with van der Waals surface area (Å²) in [6, 6.07) is 3.38. The van der Waals surface area contributed by atoms with Crippen molar-refractivity contribution >= 4 is 15.9 Å². The van der Waals surface area contributed by atoms with Crippen molar-refractivity contribution in [3.63, 3.8) is 0 Å². The van der Waals surface area contributed by atoms with Crippen LogP contribution in [0.15, 0.2) is 16.9 Å². The fourth-order valence-electron chi connectivity index (χ4n) is 2.44. The van der Waals surface area contributed by atoms with Gasteiger partial charge in [-0.3, -0.25) is 4.79 Å². The Kier molecular flexibility index (Phi) is 3.47. The van der Waals surface area contributed by atoms with Crippen LogP contribution >= 0.6 is 15.9 Å². The molecule has 0 unspecified atom stereocenters. The smallest absolute Gasteiger partial charge is 0.266 e. The van der Waals surface area contributed by atoms with Gasteiger partial charge in [0.25, 0.3) is 5.56 Å². The van der Waals surface area contributed by atoms with Crippen molar-refractivity contribution in [2.24, 2.45) is 5.41 Å². The SMILES string of the molecule is Cc1ccc(=O)n(CC2(CBr)CCCC2)n1. The van der Waals surface area contributed by atoms with Crippen LogP contribution in [0.5, 0.6) is 0 Å². The Bertz CT molecular complexity index is 421. The second-order valence-corrected chi connectivity index (χ2v) is 5.37. The quantitative estimate of drug-likeness (QED) is 0.800. The van der Waals surface area contributed by atoms with E-state index in [1.165, 1.54) is 25.7 Å². The summed E-state index contributed by atoms with van der Waals surface area (Å²) in [6.45, 7) is 2.67. The topological polar surface area (TPSA) is 34.9 Å². The number of aromatic nitrogens is 2. The largest absolute Gasteiger partial charge is 0.268 e. The van der Waals surface area contributed by atoms with Gasteiger partial charge in [-0.25, -0.2) is 4.68 Å². The summed E-state index contributed by atoms with van der Waals surface area (Å²) in [5.74, 6) is 0. The minimum absolute atomic E-state index is 0.0119. The van der Waals surface area contributed by atoms with E-state index >= 15 is 0 Å². The first-order valence-electron chi connectivity index (χ1n) is 5.76. The molecule has 16 heavy (non-hydrogen) atoms. The average Bonchev–Trinajstić information content (AvgIpc) is 2.73. The predicted octanol–water partition coefficient (Wildman–Crippen LogP) is 2.51. The third-order valence-corrected chi connectivity index (χ3v) is 4.62. The number of alkyl halides is 1. The van der Waals surface area contributed by atoms with E-state index in [0.29, 0.717) is 0 Å². The Morgan fingerprint density at radius 1 is 1.44 bits per heavy atom. The molecule has 0 N–H and O–H groups in total. The highest BCUT2D eigenvalue weighted by atomic mass is 79.9. The van der Waals surface area contributed by atoms with E-state index < -0.39 is 0 Å². The average molecular weight is 285 g/mol. The Morgan fingerprint density at radius 3 is 2.75 bits per heavy atom. The van der Waals surface area contributed by atoms with Crippen LogP contribution in [-0.4, -0.2) is 15.1 Å². The van der Waals surface area contributed by atoms with E-state index in [4.69, 9.17) is 0 Å². The molecular formula is C12H17BrN2O. The Hall–Kier alpha value is -0.640. The molecule has 3 nitrogen and oxygen atoms in total. The predicted molar refractivity (Wildman–Crippen MR) is 67.9 cm³/mol. The van der Waals surface area contributed by atoms with Gasteiger partial charge in [-0.15, -0.1) is 0 Å². The molecule has 1 heterocycles. The van der Waals surface area contributed by atoms with Crippen LogP contribution in [0.4, 0.5) is 0 Å². The lowest BCUT2D eigenvalue weighted by Crippen LogP contribution is -2.33. The summed E-state index contributed by atoms with van der Waals surface area (Å²) in [6.07, 6.45) is 4.93. The fraction of sp³-hybridized carbons (Fsp3) is 0.667. The first-order valence-corrected chi connectivity index (χ1v) is 6.88. The van der Waals surface area contributed by atoms with Gasteiger partial charge in [0.2, 0.25) is 0 Å². The molecule has 88 valence electrons. The summed E-state index contributed by atoms with van der Waals surface area (Å²) in [4.78, 5) is 11.7. The lowest BCUT2D eigenvalue weighted by atomic mass is 9.89. The van der Waals surface area contributed by atoms with Crippen LogP contribution in [0.2, 0.25) is 0 Å². The highest BCUT2D eigenvalue weighted by Gasteiger charge is 2.33. The highest BCUT2D eigenvalue weighted by Crippen LogP contribution is 2.40. The molecule has 1 aromatic heterocycles. The third kappa shape index (κ3) is 2.37. The molecule has 1 aromatic rings. The van der Waals surface area contributed by atoms with Gasteiger partial charge in [0.15, 0.2) is 0 Å².